The van der Waals surface area contributed by atoms with Crippen LogP contribution in [-0.4, -0.2) is 72.8 Å². The molecule has 1 N–H and O–H groups in total. The SMILES string of the molecule is Cc1cc(C)c(NC(=O)CN(C)CC(=O)N2CCN(Cc3ccccc3)CC2)c(C)c1. The number of carbonyl (C=O) groups is 2. The molecule has 3 rings (SSSR count). The number of rotatable bonds is 7. The van der Waals surface area contributed by atoms with Gasteiger partial charge in [-0.05, 0) is 44.5 Å². The highest BCUT2D eigenvalue weighted by Crippen LogP contribution is 2.21. The summed E-state index contributed by atoms with van der Waals surface area (Å²) in [4.78, 5) is 31.3. The summed E-state index contributed by atoms with van der Waals surface area (Å²) in [6.07, 6.45) is 0. The van der Waals surface area contributed by atoms with E-state index >= 15 is 0 Å². The molecule has 2 aromatic rings. The van der Waals surface area contributed by atoms with E-state index in [0.29, 0.717) is 0 Å². The van der Waals surface area contributed by atoms with E-state index in [-0.39, 0.29) is 24.9 Å². The molecule has 1 aliphatic heterocycles. The van der Waals surface area contributed by atoms with Crippen molar-refractivity contribution in [2.75, 3.05) is 51.6 Å². The summed E-state index contributed by atoms with van der Waals surface area (Å²) in [5.74, 6) is -0.0182. The van der Waals surface area contributed by atoms with Crippen LogP contribution in [0.3, 0.4) is 0 Å². The van der Waals surface area contributed by atoms with Crippen LogP contribution in [0.5, 0.6) is 0 Å². The number of aryl methyl sites for hydroxylation is 3. The van der Waals surface area contributed by atoms with Gasteiger partial charge in [0.1, 0.15) is 0 Å². The molecular weight excluding hydrogens is 388 g/mol. The Morgan fingerprint density at radius 1 is 0.935 bits per heavy atom. The molecule has 0 saturated carbocycles. The van der Waals surface area contributed by atoms with Crippen molar-refractivity contribution in [2.45, 2.75) is 27.3 Å². The largest absolute Gasteiger partial charge is 0.339 e. The summed E-state index contributed by atoms with van der Waals surface area (Å²) in [7, 11) is 1.82. The number of anilines is 1. The average Bonchev–Trinajstić information content (AvgIpc) is 2.72. The van der Waals surface area contributed by atoms with Gasteiger partial charge in [-0.25, -0.2) is 0 Å². The first kappa shape index (κ1) is 23.0. The van der Waals surface area contributed by atoms with Crippen LogP contribution in [0.15, 0.2) is 42.5 Å². The molecule has 0 bridgehead atoms. The lowest BCUT2D eigenvalue weighted by atomic mass is 10.1. The molecule has 6 heteroatoms. The Bertz CT molecular complexity index is 882. The molecule has 0 unspecified atom stereocenters. The summed E-state index contributed by atoms with van der Waals surface area (Å²) >= 11 is 0. The van der Waals surface area contributed by atoms with Gasteiger partial charge in [-0.15, -0.1) is 0 Å². The van der Waals surface area contributed by atoms with Gasteiger partial charge in [0.15, 0.2) is 0 Å². The van der Waals surface area contributed by atoms with Crippen molar-refractivity contribution in [2.24, 2.45) is 0 Å². The number of nitrogens with zero attached hydrogens (tertiary/aromatic N) is 3. The maximum atomic E-state index is 12.7. The van der Waals surface area contributed by atoms with Crippen molar-refractivity contribution in [3.63, 3.8) is 0 Å². The maximum Gasteiger partial charge on any atom is 0.238 e. The van der Waals surface area contributed by atoms with Crippen molar-refractivity contribution < 1.29 is 9.59 Å². The maximum absolute atomic E-state index is 12.7. The lowest BCUT2D eigenvalue weighted by molar-refractivity contribution is -0.134. The Morgan fingerprint density at radius 3 is 2.16 bits per heavy atom. The van der Waals surface area contributed by atoms with E-state index in [4.69, 9.17) is 0 Å². The van der Waals surface area contributed by atoms with Gasteiger partial charge < -0.3 is 10.2 Å². The third-order valence-electron chi connectivity index (χ3n) is 5.73. The lowest BCUT2D eigenvalue weighted by Crippen LogP contribution is -2.51. The molecule has 166 valence electrons. The highest BCUT2D eigenvalue weighted by molar-refractivity contribution is 5.94. The second-order valence-electron chi connectivity index (χ2n) is 8.64. The second kappa shape index (κ2) is 10.6. The van der Waals surface area contributed by atoms with Crippen LogP contribution in [0, 0.1) is 20.8 Å². The summed E-state index contributed by atoms with van der Waals surface area (Å²) < 4.78 is 0. The Hall–Kier alpha value is -2.70. The van der Waals surface area contributed by atoms with E-state index in [1.54, 1.807) is 4.90 Å². The van der Waals surface area contributed by atoms with Crippen molar-refractivity contribution in [1.82, 2.24) is 14.7 Å². The smallest absolute Gasteiger partial charge is 0.238 e. The first-order valence-electron chi connectivity index (χ1n) is 10.9. The third-order valence-corrected chi connectivity index (χ3v) is 5.73. The zero-order valence-corrected chi connectivity index (χ0v) is 19.1. The van der Waals surface area contributed by atoms with E-state index in [2.05, 4.69) is 46.6 Å². The average molecular weight is 423 g/mol. The van der Waals surface area contributed by atoms with Crippen LogP contribution in [0.25, 0.3) is 0 Å². The first-order chi connectivity index (χ1) is 14.8. The van der Waals surface area contributed by atoms with Gasteiger partial charge in [0.25, 0.3) is 0 Å². The molecule has 1 saturated heterocycles. The minimum atomic E-state index is -0.0990. The molecule has 0 atom stereocenters. The molecule has 0 spiro atoms. The number of nitrogens with one attached hydrogen (secondary N) is 1. The molecule has 2 aromatic carbocycles. The van der Waals surface area contributed by atoms with E-state index in [9.17, 15) is 9.59 Å². The molecule has 1 heterocycles. The lowest BCUT2D eigenvalue weighted by Gasteiger charge is -2.35. The summed E-state index contributed by atoms with van der Waals surface area (Å²) in [6.45, 7) is 10.6. The number of hydrogen-bond acceptors (Lipinski definition) is 4. The molecule has 0 radical (unpaired) electrons. The van der Waals surface area contributed by atoms with Crippen molar-refractivity contribution in [1.29, 1.82) is 0 Å². The van der Waals surface area contributed by atoms with E-state index in [0.717, 1.165) is 49.5 Å². The molecule has 31 heavy (non-hydrogen) atoms. The Morgan fingerprint density at radius 2 is 1.55 bits per heavy atom. The molecular formula is C25H34N4O2. The fraction of sp³-hybridized carbons (Fsp3) is 0.440. The Balaban J connectivity index is 1.43. The molecule has 6 nitrogen and oxygen atoms in total. The summed E-state index contributed by atoms with van der Waals surface area (Å²) in [5.41, 5.74) is 5.45. The number of hydrogen-bond donors (Lipinski definition) is 1. The van der Waals surface area contributed by atoms with Gasteiger partial charge in [-0.3, -0.25) is 19.4 Å². The van der Waals surface area contributed by atoms with Gasteiger partial charge in [0, 0.05) is 38.4 Å². The predicted molar refractivity (Wildman–Crippen MR) is 125 cm³/mol. The number of amides is 2. The Labute approximate surface area is 185 Å². The predicted octanol–water partition coefficient (Wildman–Crippen LogP) is 2.83. The topological polar surface area (TPSA) is 55.9 Å². The number of piperazine rings is 1. The van der Waals surface area contributed by atoms with Gasteiger partial charge in [0.05, 0.1) is 13.1 Å². The number of likely N-dealkylation sites (N-methyl/N-ethyl adjacent to an activating group) is 1. The summed E-state index contributed by atoms with van der Waals surface area (Å²) in [6, 6.07) is 14.5. The zero-order valence-electron chi connectivity index (χ0n) is 19.1. The quantitative estimate of drug-likeness (QED) is 0.746. The zero-order chi connectivity index (χ0) is 22.4. The molecule has 0 aromatic heterocycles. The van der Waals surface area contributed by atoms with Gasteiger partial charge >= 0.3 is 0 Å². The highest BCUT2D eigenvalue weighted by Gasteiger charge is 2.22. The van der Waals surface area contributed by atoms with Crippen LogP contribution in [0.4, 0.5) is 5.69 Å². The van der Waals surface area contributed by atoms with Crippen LogP contribution in [0.2, 0.25) is 0 Å². The normalized spacial score (nSPS) is 14.7. The number of carbonyl (C=O) groups excluding carboxylic acids is 2. The minimum absolute atomic E-state index is 0.0809. The fourth-order valence-electron chi connectivity index (χ4n) is 4.19. The van der Waals surface area contributed by atoms with Crippen LogP contribution in [-0.2, 0) is 16.1 Å². The molecule has 1 fully saturated rings. The second-order valence-corrected chi connectivity index (χ2v) is 8.64. The van der Waals surface area contributed by atoms with Crippen LogP contribution >= 0.6 is 0 Å². The molecule has 1 aliphatic rings. The highest BCUT2D eigenvalue weighted by atomic mass is 16.2. The first-order valence-corrected chi connectivity index (χ1v) is 10.9. The fourth-order valence-corrected chi connectivity index (χ4v) is 4.19. The van der Waals surface area contributed by atoms with E-state index in [1.807, 2.05) is 38.8 Å². The van der Waals surface area contributed by atoms with Crippen LogP contribution < -0.4 is 5.32 Å². The van der Waals surface area contributed by atoms with Crippen molar-refractivity contribution >= 4 is 17.5 Å². The van der Waals surface area contributed by atoms with Crippen molar-refractivity contribution in [3.8, 4) is 0 Å². The number of benzene rings is 2. The van der Waals surface area contributed by atoms with E-state index < -0.39 is 0 Å². The third kappa shape index (κ3) is 6.64. The van der Waals surface area contributed by atoms with Gasteiger partial charge in [0.2, 0.25) is 11.8 Å². The minimum Gasteiger partial charge on any atom is -0.339 e. The molecule has 2 amide bonds. The van der Waals surface area contributed by atoms with Gasteiger partial charge in [-0.2, -0.15) is 0 Å². The Kier molecular flexibility index (Phi) is 7.82. The van der Waals surface area contributed by atoms with Gasteiger partial charge in [-0.1, -0.05) is 48.0 Å². The standard InChI is InChI=1S/C25H34N4O2/c1-19-14-20(2)25(21(3)15-19)26-23(30)17-27(4)18-24(31)29-12-10-28(11-13-29)16-22-8-6-5-7-9-22/h5-9,14-15H,10-13,16-18H2,1-4H3,(H,26,30). The van der Waals surface area contributed by atoms with Crippen LogP contribution in [0.1, 0.15) is 22.3 Å². The molecule has 0 aliphatic carbocycles. The summed E-state index contributed by atoms with van der Waals surface area (Å²) in [5, 5.41) is 3.01. The van der Waals surface area contributed by atoms with Crippen molar-refractivity contribution in [3.05, 3.63) is 64.7 Å². The monoisotopic (exact) mass is 422 g/mol. The van der Waals surface area contributed by atoms with E-state index in [1.165, 1.54) is 11.1 Å².